The summed E-state index contributed by atoms with van der Waals surface area (Å²) in [6.45, 7) is 11.9. The van der Waals surface area contributed by atoms with Gasteiger partial charge in [0, 0.05) is 19.6 Å². The van der Waals surface area contributed by atoms with E-state index in [1.807, 2.05) is 25.5 Å². The lowest BCUT2D eigenvalue weighted by Gasteiger charge is -2.33. The first kappa shape index (κ1) is 16.1. The Morgan fingerprint density at radius 1 is 1.47 bits per heavy atom. The second-order valence-electron chi connectivity index (χ2n) is 5.71. The lowest BCUT2D eigenvalue weighted by molar-refractivity contribution is -0.0387. The van der Waals surface area contributed by atoms with E-state index in [4.69, 9.17) is 10.6 Å². The first-order chi connectivity index (χ1) is 8.90. The maximum absolute atomic E-state index is 5.75. The van der Waals surface area contributed by atoms with E-state index in [1.165, 1.54) is 0 Å². The van der Waals surface area contributed by atoms with Crippen molar-refractivity contribution in [3.05, 3.63) is 12.2 Å². The topological polar surface area (TPSA) is 78.0 Å². The molecule has 3 N–H and O–H groups in total. The van der Waals surface area contributed by atoms with Gasteiger partial charge in [0.2, 0.25) is 0 Å². The third kappa shape index (κ3) is 4.56. The van der Waals surface area contributed by atoms with Crippen molar-refractivity contribution in [2.45, 2.75) is 59.2 Å². The Kier molecular flexibility index (Phi) is 5.90. The molecule has 1 heterocycles. The first-order valence-corrected chi connectivity index (χ1v) is 6.87. The Morgan fingerprint density at radius 3 is 2.68 bits per heavy atom. The predicted octanol–water partition coefficient (Wildman–Crippen LogP) is 1.12. The summed E-state index contributed by atoms with van der Waals surface area (Å²) in [5.41, 5.74) is 2.49. The van der Waals surface area contributed by atoms with Crippen molar-refractivity contribution in [3.63, 3.8) is 0 Å². The highest BCUT2D eigenvalue weighted by Gasteiger charge is 2.30. The summed E-state index contributed by atoms with van der Waals surface area (Å²) in [7, 11) is 0. The van der Waals surface area contributed by atoms with Crippen LogP contribution in [0.2, 0.25) is 0 Å². The van der Waals surface area contributed by atoms with Crippen molar-refractivity contribution in [1.82, 2.24) is 20.2 Å². The third-order valence-corrected chi connectivity index (χ3v) is 3.18. The van der Waals surface area contributed by atoms with Crippen LogP contribution in [0.4, 0.5) is 0 Å². The van der Waals surface area contributed by atoms with Gasteiger partial charge in [-0.1, -0.05) is 13.8 Å². The van der Waals surface area contributed by atoms with E-state index in [0.717, 1.165) is 12.4 Å². The molecule has 0 bridgehead atoms. The van der Waals surface area contributed by atoms with Gasteiger partial charge in [-0.05, 0) is 26.7 Å². The van der Waals surface area contributed by atoms with Crippen LogP contribution < -0.4 is 11.3 Å². The molecule has 0 saturated heterocycles. The molecule has 0 aromatic carbocycles. The Hall–Kier alpha value is -0.980. The van der Waals surface area contributed by atoms with Crippen molar-refractivity contribution in [3.8, 4) is 0 Å². The van der Waals surface area contributed by atoms with Gasteiger partial charge in [-0.25, -0.2) is 9.67 Å². The maximum Gasteiger partial charge on any atom is 0.138 e. The minimum atomic E-state index is -0.349. The number of hydrazine groups is 1. The highest BCUT2D eigenvalue weighted by Crippen LogP contribution is 2.18. The highest BCUT2D eigenvalue weighted by molar-refractivity contribution is 4.96. The lowest BCUT2D eigenvalue weighted by Crippen LogP contribution is -2.53. The van der Waals surface area contributed by atoms with E-state index in [9.17, 15) is 0 Å². The van der Waals surface area contributed by atoms with Crippen LogP contribution in [0.1, 0.15) is 40.4 Å². The highest BCUT2D eigenvalue weighted by atomic mass is 16.5. The van der Waals surface area contributed by atoms with Gasteiger partial charge in [0.05, 0.1) is 11.6 Å². The van der Waals surface area contributed by atoms with Crippen LogP contribution in [0.25, 0.3) is 0 Å². The fraction of sp³-hybridized carbons (Fsp3) is 0.846. The molecule has 0 aliphatic rings. The largest absolute Gasteiger partial charge is 0.374 e. The number of hydrogen-bond acceptors (Lipinski definition) is 5. The summed E-state index contributed by atoms with van der Waals surface area (Å²) in [4.78, 5) is 4.33. The average molecular weight is 269 g/mol. The molecule has 0 radical (unpaired) electrons. The second kappa shape index (κ2) is 6.98. The second-order valence-corrected chi connectivity index (χ2v) is 5.71. The van der Waals surface area contributed by atoms with E-state index in [1.54, 1.807) is 6.33 Å². The molecule has 1 aromatic heterocycles. The van der Waals surface area contributed by atoms with Gasteiger partial charge in [0.1, 0.15) is 12.2 Å². The smallest absolute Gasteiger partial charge is 0.138 e. The number of aromatic nitrogens is 3. The summed E-state index contributed by atoms with van der Waals surface area (Å²) < 4.78 is 7.69. The van der Waals surface area contributed by atoms with Gasteiger partial charge in [0.25, 0.3) is 0 Å². The van der Waals surface area contributed by atoms with Gasteiger partial charge >= 0.3 is 0 Å². The van der Waals surface area contributed by atoms with Crippen LogP contribution in [0, 0.1) is 5.92 Å². The monoisotopic (exact) mass is 269 g/mol. The van der Waals surface area contributed by atoms with Crippen molar-refractivity contribution < 1.29 is 4.74 Å². The Bertz CT molecular complexity index is 375. The number of nitrogens with one attached hydrogen (secondary N) is 1. The summed E-state index contributed by atoms with van der Waals surface area (Å²) in [6.07, 6.45) is 2.29. The third-order valence-electron chi connectivity index (χ3n) is 3.18. The molecule has 1 unspecified atom stereocenters. The Labute approximate surface area is 115 Å². The molecular weight excluding hydrogens is 242 g/mol. The predicted molar refractivity (Wildman–Crippen MR) is 75.4 cm³/mol. The molecule has 1 rings (SSSR count). The van der Waals surface area contributed by atoms with Crippen LogP contribution in [0.15, 0.2) is 6.33 Å². The Morgan fingerprint density at radius 2 is 2.16 bits per heavy atom. The van der Waals surface area contributed by atoms with Crippen LogP contribution in [-0.2, 0) is 17.7 Å². The van der Waals surface area contributed by atoms with Crippen LogP contribution in [-0.4, -0.2) is 33.0 Å². The van der Waals surface area contributed by atoms with Gasteiger partial charge in [-0.15, -0.1) is 0 Å². The number of hydrogen-bond donors (Lipinski definition) is 2. The molecule has 1 atom stereocenters. The minimum Gasteiger partial charge on any atom is -0.374 e. The number of nitrogens with zero attached hydrogens (tertiary/aromatic N) is 3. The molecule has 1 aromatic rings. The molecule has 19 heavy (non-hydrogen) atoms. The summed E-state index contributed by atoms with van der Waals surface area (Å²) >= 11 is 0. The minimum absolute atomic E-state index is 0.0115. The van der Waals surface area contributed by atoms with E-state index < -0.39 is 0 Å². The molecule has 6 heteroatoms. The normalized spacial score (nSPS) is 14.1. The molecule has 0 amide bonds. The molecule has 0 spiro atoms. The zero-order valence-electron chi connectivity index (χ0n) is 12.7. The quantitative estimate of drug-likeness (QED) is 0.546. The number of rotatable bonds is 8. The van der Waals surface area contributed by atoms with Gasteiger partial charge in [0.15, 0.2) is 0 Å². The molecule has 0 saturated carbocycles. The van der Waals surface area contributed by atoms with Crippen molar-refractivity contribution in [2.24, 2.45) is 11.8 Å². The first-order valence-electron chi connectivity index (χ1n) is 6.87. The fourth-order valence-electron chi connectivity index (χ4n) is 2.11. The lowest BCUT2D eigenvalue weighted by atomic mass is 9.95. The van der Waals surface area contributed by atoms with Gasteiger partial charge < -0.3 is 4.74 Å². The average Bonchev–Trinajstić information content (AvgIpc) is 2.72. The molecular formula is C13H27N5O. The van der Waals surface area contributed by atoms with Crippen molar-refractivity contribution in [1.29, 1.82) is 0 Å². The van der Waals surface area contributed by atoms with Crippen LogP contribution in [0.5, 0.6) is 0 Å². The fourth-order valence-corrected chi connectivity index (χ4v) is 2.11. The molecule has 0 fully saturated rings. The summed E-state index contributed by atoms with van der Waals surface area (Å²) in [5.74, 6) is 7.14. The zero-order valence-corrected chi connectivity index (χ0v) is 12.7. The van der Waals surface area contributed by atoms with Crippen LogP contribution >= 0.6 is 0 Å². The molecule has 110 valence electrons. The SMILES string of the molecule is CCOC(C)(C)C(Cc1ncnn1CC(C)C)NN. The summed E-state index contributed by atoms with van der Waals surface area (Å²) in [5, 5.41) is 4.27. The molecule has 0 aliphatic carbocycles. The van der Waals surface area contributed by atoms with Crippen molar-refractivity contribution in [2.75, 3.05) is 6.61 Å². The van der Waals surface area contributed by atoms with E-state index >= 15 is 0 Å². The number of nitrogens with two attached hydrogens (primary N) is 1. The van der Waals surface area contributed by atoms with E-state index in [2.05, 4.69) is 29.4 Å². The van der Waals surface area contributed by atoms with E-state index in [-0.39, 0.29) is 11.6 Å². The Balaban J connectivity index is 2.78. The van der Waals surface area contributed by atoms with Crippen molar-refractivity contribution >= 4 is 0 Å². The van der Waals surface area contributed by atoms with Crippen LogP contribution in [0.3, 0.4) is 0 Å². The molecule has 6 nitrogen and oxygen atoms in total. The maximum atomic E-state index is 5.75. The number of ether oxygens (including phenoxy) is 1. The molecule has 0 aliphatic heterocycles. The van der Waals surface area contributed by atoms with Gasteiger partial charge in [-0.2, -0.15) is 5.10 Å². The standard InChI is InChI=1S/C13H27N5O/c1-6-19-13(4,5)11(17-14)7-12-15-9-16-18(12)8-10(2)3/h9-11,17H,6-8,14H2,1-5H3. The van der Waals surface area contributed by atoms with Gasteiger partial charge in [-0.3, -0.25) is 11.3 Å². The summed E-state index contributed by atoms with van der Waals surface area (Å²) in [6, 6.07) is -0.0115. The van der Waals surface area contributed by atoms with E-state index in [0.29, 0.717) is 18.9 Å². The zero-order chi connectivity index (χ0) is 14.5.